The molecule has 0 aromatic heterocycles. The van der Waals surface area contributed by atoms with Gasteiger partial charge in [0.25, 0.3) is 11.7 Å². The molecule has 13 nitrogen and oxygen atoms in total. The molecule has 3 N–H and O–H groups in total. The Morgan fingerprint density at radius 1 is 1.03 bits per heavy atom. The van der Waals surface area contributed by atoms with Gasteiger partial charge in [-0.25, -0.2) is 4.79 Å². The molecule has 1 saturated carbocycles. The summed E-state index contributed by atoms with van der Waals surface area (Å²) in [5.74, 6) is -6.19. The molecule has 0 spiro atoms. The summed E-state index contributed by atoms with van der Waals surface area (Å²) >= 11 is 0. The first kappa shape index (κ1) is 50.9. The van der Waals surface area contributed by atoms with Crippen LogP contribution in [0.1, 0.15) is 126 Å². The van der Waals surface area contributed by atoms with E-state index >= 15 is 0 Å². The van der Waals surface area contributed by atoms with Gasteiger partial charge in [-0.05, 0) is 115 Å². The molecule has 1 aliphatic carbocycles. The van der Waals surface area contributed by atoms with Crippen molar-refractivity contribution in [3.05, 3.63) is 36.0 Å². The molecule has 3 heterocycles. The van der Waals surface area contributed by atoms with Gasteiger partial charge in [0.1, 0.15) is 24.0 Å². The van der Waals surface area contributed by atoms with Gasteiger partial charge in [0.05, 0.1) is 31.0 Å². The van der Waals surface area contributed by atoms with Gasteiger partial charge in [-0.1, -0.05) is 51.5 Å². The number of esters is 1. The number of piperidine rings is 1. The maximum Gasteiger partial charge on any atom is 0.329 e. The number of hydrogen-bond donors (Lipinski definition) is 3. The number of aliphatic hydroxyl groups excluding tert-OH is 1. The molecule has 61 heavy (non-hydrogen) atoms. The largest absolute Gasteiger partial charge is 0.456 e. The Morgan fingerprint density at radius 3 is 2.39 bits per heavy atom. The van der Waals surface area contributed by atoms with Gasteiger partial charge in [-0.2, -0.15) is 0 Å². The number of cyclic esters (lactones) is 1. The highest BCUT2D eigenvalue weighted by atomic mass is 16.7. The first-order valence-electron chi connectivity index (χ1n) is 23.0. The van der Waals surface area contributed by atoms with Crippen molar-refractivity contribution in [3.8, 4) is 0 Å². The maximum absolute atomic E-state index is 14.4. The lowest BCUT2D eigenvalue weighted by Gasteiger charge is -2.47. The highest BCUT2D eigenvalue weighted by Crippen LogP contribution is 2.39. The standard InChI is InChI=1S/C48H78N2O11/c1-11-21-59-40-27-35(17-18-37(40)49-28-34(8)51)25-32(6)43-31(5)16-19-39(52)36(12-2)23-29(3)22-30(4)24-41(57-9)44-42(58-10)26-33(7)48(56,61-44)45(53)46(54)50-20-14-13-15-38(50)47(55)60-43/h11,23,25,30-31,33-38,40-44,49,51,56H,1,12-22,24,26-28H2,2-10H3/b29-23+,32-25?/t30?,31?,33?,34-,35?,36?,37?,38?,40?,41?,42?,43?,44?,48?/m0/s1. The quantitative estimate of drug-likeness (QED) is 0.125. The van der Waals surface area contributed by atoms with Gasteiger partial charge < -0.3 is 44.1 Å². The maximum atomic E-state index is 14.4. The summed E-state index contributed by atoms with van der Waals surface area (Å²) in [6, 6.07) is -0.985. The molecule has 13 heteroatoms. The number of rotatable bonds is 11. The molecule has 0 aromatic rings. The second kappa shape index (κ2) is 23.8. The van der Waals surface area contributed by atoms with Crippen LogP contribution in [-0.2, 0) is 42.9 Å². The molecule has 13 unspecified atom stereocenters. The lowest BCUT2D eigenvalue weighted by atomic mass is 9.81. The van der Waals surface area contributed by atoms with E-state index in [4.69, 9.17) is 23.7 Å². The first-order chi connectivity index (χ1) is 29.0. The number of ether oxygens (including phenoxy) is 5. The zero-order chi connectivity index (χ0) is 45.0. The molecule has 3 fully saturated rings. The third kappa shape index (κ3) is 13.4. The number of aliphatic hydroxyl groups is 2. The average Bonchev–Trinajstić information content (AvgIpc) is 3.24. The van der Waals surface area contributed by atoms with Crippen LogP contribution in [0.25, 0.3) is 0 Å². The number of carbonyl (C=O) groups is 4. The van der Waals surface area contributed by atoms with Gasteiger partial charge in [-0.3, -0.25) is 14.4 Å². The van der Waals surface area contributed by atoms with Crippen LogP contribution in [0.5, 0.6) is 0 Å². The molecule has 4 aliphatic rings. The highest BCUT2D eigenvalue weighted by molar-refractivity contribution is 6.39. The van der Waals surface area contributed by atoms with E-state index in [1.165, 1.54) is 4.90 Å². The van der Waals surface area contributed by atoms with Crippen molar-refractivity contribution in [2.75, 3.05) is 33.9 Å². The SMILES string of the molecule is C=CCOC1CC(C=C(C)C2OC(=O)C3CCCCN3C(=O)C(=O)C3(O)OC(C(OC)CC(C)C/C(C)=C/C(CC)C(=O)CCC2C)C(OC)CC3C)CCC1NC[C@H](C)O. The van der Waals surface area contributed by atoms with Crippen LogP contribution < -0.4 is 5.32 Å². The third-order valence-electron chi connectivity index (χ3n) is 13.6. The van der Waals surface area contributed by atoms with E-state index < -0.39 is 65.9 Å². The van der Waals surface area contributed by atoms with Crippen LogP contribution in [0, 0.1) is 29.6 Å². The Hall–Kier alpha value is -2.78. The van der Waals surface area contributed by atoms with Crippen molar-refractivity contribution >= 4 is 23.4 Å². The van der Waals surface area contributed by atoms with Crippen LogP contribution in [0.3, 0.4) is 0 Å². The van der Waals surface area contributed by atoms with E-state index in [9.17, 15) is 29.4 Å². The minimum Gasteiger partial charge on any atom is -0.456 e. The number of allylic oxidation sites excluding steroid dienone is 3. The first-order valence-corrected chi connectivity index (χ1v) is 23.0. The summed E-state index contributed by atoms with van der Waals surface area (Å²) in [5, 5.41) is 25.5. The Balaban J connectivity index is 1.71. The fourth-order valence-corrected chi connectivity index (χ4v) is 10.1. The third-order valence-corrected chi connectivity index (χ3v) is 13.6. The number of methoxy groups -OCH3 is 2. The number of nitrogens with one attached hydrogen (secondary N) is 1. The molecule has 4 rings (SSSR count). The van der Waals surface area contributed by atoms with Crippen LogP contribution in [0.2, 0.25) is 0 Å². The van der Waals surface area contributed by atoms with E-state index in [2.05, 4.69) is 31.0 Å². The lowest BCUT2D eigenvalue weighted by molar-refractivity contribution is -0.302. The Morgan fingerprint density at radius 2 is 1.74 bits per heavy atom. The Kier molecular flexibility index (Phi) is 19.8. The summed E-state index contributed by atoms with van der Waals surface area (Å²) in [4.78, 5) is 58.2. The molecule has 1 amide bonds. The van der Waals surface area contributed by atoms with Gasteiger partial charge in [0.2, 0.25) is 5.79 Å². The second-order valence-electron chi connectivity index (χ2n) is 18.7. The van der Waals surface area contributed by atoms with Gasteiger partial charge in [0, 0.05) is 51.6 Å². The van der Waals surface area contributed by atoms with Crippen molar-refractivity contribution in [3.63, 3.8) is 0 Å². The Bertz CT molecular complexity index is 1550. The summed E-state index contributed by atoms with van der Waals surface area (Å²) < 4.78 is 30.7. The van der Waals surface area contributed by atoms with Gasteiger partial charge in [0.15, 0.2) is 0 Å². The minimum atomic E-state index is -2.47. The number of fused-ring (bicyclic) bond motifs is 3. The zero-order valence-electron chi connectivity index (χ0n) is 38.6. The van der Waals surface area contributed by atoms with Crippen molar-refractivity contribution in [1.82, 2.24) is 10.2 Å². The number of carbonyl (C=O) groups excluding carboxylic acids is 4. The van der Waals surface area contributed by atoms with E-state index in [0.29, 0.717) is 70.9 Å². The second-order valence-corrected chi connectivity index (χ2v) is 18.7. The summed E-state index contributed by atoms with van der Waals surface area (Å²) in [7, 11) is 3.11. The highest BCUT2D eigenvalue weighted by Gasteiger charge is 2.56. The fraction of sp³-hybridized carbons (Fsp3) is 0.792. The lowest BCUT2D eigenvalue weighted by Crippen LogP contribution is -2.64. The predicted octanol–water partition coefficient (Wildman–Crippen LogP) is 6.04. The van der Waals surface area contributed by atoms with E-state index in [-0.39, 0.29) is 54.6 Å². The normalized spacial score (nSPS) is 38.4. The van der Waals surface area contributed by atoms with E-state index in [0.717, 1.165) is 24.0 Å². The van der Waals surface area contributed by atoms with Crippen LogP contribution >= 0.6 is 0 Å². The number of Topliss-reactive ketones (excluding diaryl/α,β-unsaturated/α-hetero) is 2. The number of hydrogen-bond acceptors (Lipinski definition) is 12. The molecular formula is C48H78N2O11. The topological polar surface area (TPSA) is 170 Å². The summed E-state index contributed by atoms with van der Waals surface area (Å²) in [6.45, 7) is 18.3. The zero-order valence-corrected chi connectivity index (χ0v) is 38.6. The summed E-state index contributed by atoms with van der Waals surface area (Å²) in [6.07, 6.45) is 9.49. The van der Waals surface area contributed by atoms with E-state index in [1.807, 2.05) is 27.7 Å². The average molecular weight is 859 g/mol. The summed E-state index contributed by atoms with van der Waals surface area (Å²) in [5.41, 5.74) is 1.93. The minimum absolute atomic E-state index is 0.0650. The molecule has 2 bridgehead atoms. The smallest absolute Gasteiger partial charge is 0.329 e. The molecule has 14 atom stereocenters. The molecule has 2 saturated heterocycles. The van der Waals surface area contributed by atoms with Crippen molar-refractivity contribution < 1.29 is 53.1 Å². The molecule has 3 aliphatic heterocycles. The Labute approximate surface area is 365 Å². The van der Waals surface area contributed by atoms with Crippen LogP contribution in [0.4, 0.5) is 0 Å². The van der Waals surface area contributed by atoms with Gasteiger partial charge in [-0.15, -0.1) is 6.58 Å². The molecular weight excluding hydrogens is 781 g/mol. The van der Waals surface area contributed by atoms with E-state index in [1.54, 1.807) is 34.1 Å². The van der Waals surface area contributed by atoms with Crippen molar-refractivity contribution in [1.29, 1.82) is 0 Å². The number of amides is 1. The molecule has 0 radical (unpaired) electrons. The molecule has 0 aromatic carbocycles. The number of nitrogens with zero attached hydrogens (tertiary/aromatic N) is 1. The fourth-order valence-electron chi connectivity index (χ4n) is 10.1. The van der Waals surface area contributed by atoms with Crippen LogP contribution in [-0.4, -0.2) is 127 Å². The van der Waals surface area contributed by atoms with Gasteiger partial charge >= 0.3 is 5.97 Å². The predicted molar refractivity (Wildman–Crippen MR) is 233 cm³/mol. The van der Waals surface area contributed by atoms with Crippen molar-refractivity contribution in [2.45, 2.75) is 180 Å². The number of ketones is 2. The van der Waals surface area contributed by atoms with Crippen molar-refractivity contribution in [2.24, 2.45) is 29.6 Å². The monoisotopic (exact) mass is 859 g/mol. The molecule has 346 valence electrons. The van der Waals surface area contributed by atoms with Crippen LogP contribution in [0.15, 0.2) is 36.0 Å².